The van der Waals surface area contributed by atoms with Crippen molar-refractivity contribution in [1.29, 1.82) is 0 Å². The lowest BCUT2D eigenvalue weighted by molar-refractivity contribution is -0.141. The average Bonchev–Trinajstić information content (AvgIpc) is 3.15. The number of fused-ring (bicyclic) bond motifs is 1. The molecule has 0 fully saturated rings. The number of ether oxygens (including phenoxy) is 1. The number of carbonyl (C=O) groups excluding carboxylic acids is 2. The Morgan fingerprint density at radius 1 is 1.03 bits per heavy atom. The van der Waals surface area contributed by atoms with Crippen LogP contribution in [-0.2, 0) is 26.1 Å². The van der Waals surface area contributed by atoms with Crippen molar-refractivity contribution in [3.63, 3.8) is 0 Å². The second kappa shape index (κ2) is 11.5. The summed E-state index contributed by atoms with van der Waals surface area (Å²) in [6.07, 6.45) is 0. The number of carbonyl (C=O) groups is 2. The van der Waals surface area contributed by atoms with Crippen LogP contribution in [0.1, 0.15) is 43.6 Å². The van der Waals surface area contributed by atoms with Gasteiger partial charge in [-0.1, -0.05) is 51.2 Å². The zero-order valence-electron chi connectivity index (χ0n) is 21.5. The molecule has 194 valence electrons. The van der Waals surface area contributed by atoms with Gasteiger partial charge in [0.25, 0.3) is 5.91 Å². The van der Waals surface area contributed by atoms with Gasteiger partial charge in [0, 0.05) is 18.7 Å². The van der Waals surface area contributed by atoms with Gasteiger partial charge in [-0.05, 0) is 54.7 Å². The fraction of sp³-hybridized carbons (Fsp3) is 0.423. The van der Waals surface area contributed by atoms with Gasteiger partial charge in [-0.2, -0.15) is 9.30 Å². The van der Waals surface area contributed by atoms with Gasteiger partial charge in [0.05, 0.1) is 22.2 Å². The van der Waals surface area contributed by atoms with Gasteiger partial charge in [0.15, 0.2) is 4.80 Å². The van der Waals surface area contributed by atoms with E-state index in [1.807, 2.05) is 52.8 Å². The molecule has 0 saturated heterocycles. The van der Waals surface area contributed by atoms with Crippen LogP contribution in [0.2, 0.25) is 0 Å². The molecule has 0 saturated carbocycles. The van der Waals surface area contributed by atoms with E-state index in [0.29, 0.717) is 17.9 Å². The highest BCUT2D eigenvalue weighted by atomic mass is 32.2. The van der Waals surface area contributed by atoms with Crippen LogP contribution in [0.15, 0.2) is 52.4 Å². The second-order valence-electron chi connectivity index (χ2n) is 9.52. The first kappa shape index (κ1) is 27.8. The number of methoxy groups -OCH3 is 1. The molecule has 1 aromatic heterocycles. The molecule has 0 aliphatic rings. The molecule has 0 spiro atoms. The number of aromatic nitrogens is 1. The van der Waals surface area contributed by atoms with Gasteiger partial charge in [0.2, 0.25) is 10.0 Å². The maximum absolute atomic E-state index is 13.3. The topological polar surface area (TPSA) is 98.0 Å². The number of rotatable bonds is 9. The first-order chi connectivity index (χ1) is 16.9. The Hall–Kier alpha value is -2.82. The molecule has 0 aliphatic carbocycles. The number of amides is 1. The van der Waals surface area contributed by atoms with Crippen LogP contribution >= 0.6 is 11.3 Å². The minimum Gasteiger partial charge on any atom is -0.468 e. The van der Waals surface area contributed by atoms with Crippen LogP contribution in [0, 0.1) is 18.8 Å². The SMILES string of the molecule is COC(=O)Cn1c(=NC(=O)c2ccc(S(=O)(=O)N(CC(C)C)CC(C)C)cc2)sc2cccc(C)c21. The highest BCUT2D eigenvalue weighted by Gasteiger charge is 2.26. The maximum atomic E-state index is 13.3. The number of hydrogen-bond donors (Lipinski definition) is 0. The zero-order chi connectivity index (χ0) is 26.6. The maximum Gasteiger partial charge on any atom is 0.325 e. The van der Waals surface area contributed by atoms with Crippen LogP contribution in [-0.4, -0.2) is 49.4 Å². The normalized spacial score (nSPS) is 12.8. The molecule has 0 bridgehead atoms. The highest BCUT2D eigenvalue weighted by Crippen LogP contribution is 2.22. The smallest absolute Gasteiger partial charge is 0.325 e. The van der Waals surface area contributed by atoms with E-state index in [1.54, 1.807) is 4.57 Å². The lowest BCUT2D eigenvalue weighted by atomic mass is 10.2. The van der Waals surface area contributed by atoms with E-state index >= 15 is 0 Å². The third-order valence-corrected chi connectivity index (χ3v) is 8.38. The molecule has 1 amide bonds. The molecule has 0 radical (unpaired) electrons. The third-order valence-electron chi connectivity index (χ3n) is 5.49. The lowest BCUT2D eigenvalue weighted by Gasteiger charge is -2.25. The number of aryl methyl sites for hydroxylation is 1. The molecule has 3 rings (SSSR count). The largest absolute Gasteiger partial charge is 0.468 e. The predicted molar refractivity (Wildman–Crippen MR) is 141 cm³/mol. The molecule has 3 aromatic rings. The van der Waals surface area contributed by atoms with E-state index in [9.17, 15) is 18.0 Å². The summed E-state index contributed by atoms with van der Waals surface area (Å²) in [7, 11) is -2.39. The number of thiazole rings is 1. The molecule has 0 atom stereocenters. The van der Waals surface area contributed by atoms with Gasteiger partial charge in [0.1, 0.15) is 6.54 Å². The Balaban J connectivity index is 1.98. The number of benzene rings is 2. The van der Waals surface area contributed by atoms with Crippen LogP contribution < -0.4 is 4.80 Å². The Bertz CT molecular complexity index is 1410. The Labute approximate surface area is 216 Å². The van der Waals surface area contributed by atoms with Crippen molar-refractivity contribution in [3.8, 4) is 0 Å². The van der Waals surface area contributed by atoms with Crippen LogP contribution in [0.25, 0.3) is 10.2 Å². The molecular weight excluding hydrogens is 498 g/mol. The summed E-state index contributed by atoms with van der Waals surface area (Å²) in [5.74, 6) is -0.614. The summed E-state index contributed by atoms with van der Waals surface area (Å²) in [6.45, 7) is 10.6. The van der Waals surface area contributed by atoms with Crippen molar-refractivity contribution < 1.29 is 22.7 Å². The van der Waals surface area contributed by atoms with Gasteiger partial charge < -0.3 is 9.30 Å². The van der Waals surface area contributed by atoms with Crippen molar-refractivity contribution >= 4 is 43.5 Å². The fourth-order valence-corrected chi connectivity index (χ4v) is 6.76. The van der Waals surface area contributed by atoms with E-state index in [1.165, 1.54) is 47.0 Å². The van der Waals surface area contributed by atoms with Crippen LogP contribution in [0.3, 0.4) is 0 Å². The monoisotopic (exact) mass is 531 g/mol. The Kier molecular flexibility index (Phi) is 8.86. The van der Waals surface area contributed by atoms with Gasteiger partial charge in [-0.3, -0.25) is 9.59 Å². The van der Waals surface area contributed by atoms with Gasteiger partial charge >= 0.3 is 5.97 Å². The molecule has 1 heterocycles. The van der Waals surface area contributed by atoms with Crippen molar-refractivity contribution in [2.45, 2.75) is 46.1 Å². The Morgan fingerprint density at radius 2 is 1.64 bits per heavy atom. The molecule has 0 unspecified atom stereocenters. The predicted octanol–water partition coefficient (Wildman–Crippen LogP) is 4.23. The molecular formula is C26H33N3O5S2. The standard InChI is InChI=1S/C26H33N3O5S2/c1-17(2)14-28(15-18(3)4)36(32,33)21-12-10-20(11-13-21)25(31)27-26-29(16-23(30)34-6)24-19(5)8-7-9-22(24)35-26/h7-13,17-18H,14-16H2,1-6H3. The summed E-state index contributed by atoms with van der Waals surface area (Å²) >= 11 is 1.30. The minimum atomic E-state index is -3.70. The highest BCUT2D eigenvalue weighted by molar-refractivity contribution is 7.89. The average molecular weight is 532 g/mol. The summed E-state index contributed by atoms with van der Waals surface area (Å²) in [4.78, 5) is 29.8. The van der Waals surface area contributed by atoms with Crippen molar-refractivity contribution in [1.82, 2.24) is 8.87 Å². The van der Waals surface area contributed by atoms with E-state index < -0.39 is 21.9 Å². The van der Waals surface area contributed by atoms with Crippen molar-refractivity contribution in [2.24, 2.45) is 16.8 Å². The number of hydrogen-bond acceptors (Lipinski definition) is 6. The molecule has 2 aromatic carbocycles. The molecule has 0 aliphatic heterocycles. The lowest BCUT2D eigenvalue weighted by Crippen LogP contribution is -2.37. The van der Waals surface area contributed by atoms with Crippen molar-refractivity contribution in [3.05, 3.63) is 58.4 Å². The van der Waals surface area contributed by atoms with E-state index in [-0.39, 0.29) is 28.8 Å². The minimum absolute atomic E-state index is 0.0772. The second-order valence-corrected chi connectivity index (χ2v) is 12.5. The van der Waals surface area contributed by atoms with E-state index in [0.717, 1.165) is 15.8 Å². The molecule has 0 N–H and O–H groups in total. The van der Waals surface area contributed by atoms with Crippen molar-refractivity contribution in [2.75, 3.05) is 20.2 Å². The zero-order valence-corrected chi connectivity index (χ0v) is 23.1. The number of sulfonamides is 1. The summed E-state index contributed by atoms with van der Waals surface area (Å²) < 4.78 is 35.4. The Morgan fingerprint density at radius 3 is 2.19 bits per heavy atom. The number of nitrogens with zero attached hydrogens (tertiary/aromatic N) is 3. The molecule has 8 nitrogen and oxygen atoms in total. The quantitative estimate of drug-likeness (QED) is 0.385. The molecule has 10 heteroatoms. The van der Waals surface area contributed by atoms with Gasteiger partial charge in [-0.15, -0.1) is 0 Å². The first-order valence-corrected chi connectivity index (χ1v) is 14.0. The van der Waals surface area contributed by atoms with Crippen LogP contribution in [0.4, 0.5) is 0 Å². The number of para-hydroxylation sites is 1. The van der Waals surface area contributed by atoms with E-state index in [2.05, 4.69) is 4.99 Å². The molecule has 36 heavy (non-hydrogen) atoms. The van der Waals surface area contributed by atoms with Crippen LogP contribution in [0.5, 0.6) is 0 Å². The summed E-state index contributed by atoms with van der Waals surface area (Å²) in [5.41, 5.74) is 2.02. The first-order valence-electron chi connectivity index (χ1n) is 11.8. The van der Waals surface area contributed by atoms with Gasteiger partial charge in [-0.25, -0.2) is 8.42 Å². The number of esters is 1. The van der Waals surface area contributed by atoms with E-state index in [4.69, 9.17) is 4.74 Å². The third kappa shape index (κ3) is 6.29. The fourth-order valence-electron chi connectivity index (χ4n) is 3.89. The summed E-state index contributed by atoms with van der Waals surface area (Å²) in [6, 6.07) is 11.6. The summed E-state index contributed by atoms with van der Waals surface area (Å²) in [5, 5.41) is 0.